The van der Waals surface area contributed by atoms with Gasteiger partial charge in [0.05, 0.1) is 4.88 Å². The van der Waals surface area contributed by atoms with Crippen molar-refractivity contribution in [2.75, 3.05) is 0 Å². The van der Waals surface area contributed by atoms with E-state index in [2.05, 4.69) is 5.16 Å². The molecule has 1 aliphatic heterocycles. The molecule has 0 aliphatic carbocycles. The Balaban J connectivity index is 1.91. The van der Waals surface area contributed by atoms with Crippen LogP contribution in [-0.2, 0) is 9.63 Å². The second-order valence-electron chi connectivity index (χ2n) is 3.19. The molecule has 4 heteroatoms. The summed E-state index contributed by atoms with van der Waals surface area (Å²) in [4.78, 5) is 16.6. The Morgan fingerprint density at radius 3 is 3.36 bits per heavy atom. The van der Waals surface area contributed by atoms with Crippen molar-refractivity contribution in [3.05, 3.63) is 22.4 Å². The second-order valence-corrected chi connectivity index (χ2v) is 4.14. The van der Waals surface area contributed by atoms with Gasteiger partial charge in [0, 0.05) is 12.8 Å². The van der Waals surface area contributed by atoms with Gasteiger partial charge in [0.1, 0.15) is 18.1 Å². The van der Waals surface area contributed by atoms with Crippen LogP contribution in [0.15, 0.2) is 22.7 Å². The van der Waals surface area contributed by atoms with Gasteiger partial charge in [-0.25, -0.2) is 0 Å². The summed E-state index contributed by atoms with van der Waals surface area (Å²) in [5, 5.41) is 6.05. The van der Waals surface area contributed by atoms with Crippen LogP contribution in [0.5, 0.6) is 0 Å². The predicted molar refractivity (Wildman–Crippen MR) is 55.6 cm³/mol. The van der Waals surface area contributed by atoms with Crippen molar-refractivity contribution >= 4 is 23.3 Å². The van der Waals surface area contributed by atoms with Crippen LogP contribution in [0.3, 0.4) is 0 Å². The third kappa shape index (κ3) is 2.01. The van der Waals surface area contributed by atoms with Crippen LogP contribution >= 0.6 is 11.3 Å². The molecule has 0 aromatic carbocycles. The van der Waals surface area contributed by atoms with E-state index in [1.165, 1.54) is 4.88 Å². The van der Waals surface area contributed by atoms with Gasteiger partial charge in [0.25, 0.3) is 0 Å². The molecule has 0 N–H and O–H groups in total. The Hall–Kier alpha value is -1.16. The molecule has 2 rings (SSSR count). The van der Waals surface area contributed by atoms with Gasteiger partial charge in [-0.15, -0.1) is 11.3 Å². The predicted octanol–water partition coefficient (Wildman–Crippen LogP) is 2.22. The lowest BCUT2D eigenvalue weighted by Crippen LogP contribution is -2.07. The second kappa shape index (κ2) is 4.37. The molecule has 1 aromatic heterocycles. The quantitative estimate of drug-likeness (QED) is 0.713. The number of nitrogens with zero attached hydrogens (tertiary/aromatic N) is 1. The summed E-state index contributed by atoms with van der Waals surface area (Å²) in [6.07, 6.45) is 3.16. The van der Waals surface area contributed by atoms with Gasteiger partial charge in [0.15, 0.2) is 0 Å². The van der Waals surface area contributed by atoms with E-state index in [1.54, 1.807) is 11.3 Å². The minimum Gasteiger partial charge on any atom is -0.392 e. The maximum absolute atomic E-state index is 10.2. The highest BCUT2D eigenvalue weighted by Crippen LogP contribution is 2.22. The molecule has 1 aliphatic rings. The van der Waals surface area contributed by atoms with Crippen LogP contribution in [0.2, 0.25) is 0 Å². The number of hydrogen-bond donors (Lipinski definition) is 0. The summed E-state index contributed by atoms with van der Waals surface area (Å²) in [6, 6.07) is 4.04. The summed E-state index contributed by atoms with van der Waals surface area (Å²) >= 11 is 1.67. The molecule has 0 fully saturated rings. The summed E-state index contributed by atoms with van der Waals surface area (Å²) in [5.41, 5.74) is 1.01. The lowest BCUT2D eigenvalue weighted by molar-refractivity contribution is -0.108. The summed E-state index contributed by atoms with van der Waals surface area (Å²) < 4.78 is 0. The Labute approximate surface area is 86.4 Å². The van der Waals surface area contributed by atoms with Gasteiger partial charge in [-0.3, -0.25) is 0 Å². The van der Waals surface area contributed by atoms with Crippen molar-refractivity contribution in [3.8, 4) is 0 Å². The van der Waals surface area contributed by atoms with Gasteiger partial charge >= 0.3 is 0 Å². The fourth-order valence-corrected chi connectivity index (χ4v) is 2.14. The minimum absolute atomic E-state index is 0.0947. The van der Waals surface area contributed by atoms with Gasteiger partial charge < -0.3 is 9.63 Å². The standard InChI is InChI=1S/C10H11NO2S/c12-5-1-3-8-7-9(11-13-8)10-4-2-6-14-10/h2,4-6,8H,1,3,7H2. The number of carbonyl (C=O) groups is 1. The van der Waals surface area contributed by atoms with Crippen molar-refractivity contribution < 1.29 is 9.63 Å². The van der Waals surface area contributed by atoms with Crippen LogP contribution in [0, 0.1) is 0 Å². The van der Waals surface area contributed by atoms with Crippen molar-refractivity contribution in [2.45, 2.75) is 25.4 Å². The number of rotatable bonds is 4. The zero-order valence-corrected chi connectivity index (χ0v) is 8.50. The molecular weight excluding hydrogens is 198 g/mol. The Morgan fingerprint density at radius 1 is 1.71 bits per heavy atom. The largest absolute Gasteiger partial charge is 0.392 e. The van der Waals surface area contributed by atoms with E-state index in [1.807, 2.05) is 17.5 Å². The van der Waals surface area contributed by atoms with E-state index in [-0.39, 0.29) is 6.10 Å². The molecule has 0 saturated carbocycles. The zero-order valence-electron chi connectivity index (χ0n) is 7.68. The Morgan fingerprint density at radius 2 is 2.64 bits per heavy atom. The summed E-state index contributed by atoms with van der Waals surface area (Å²) in [5.74, 6) is 0. The third-order valence-corrected chi connectivity index (χ3v) is 3.06. The molecular formula is C10H11NO2S. The molecule has 2 heterocycles. The summed E-state index contributed by atoms with van der Waals surface area (Å²) in [7, 11) is 0. The highest BCUT2D eigenvalue weighted by molar-refractivity contribution is 7.12. The SMILES string of the molecule is O=CCCC1CC(c2cccs2)=NO1. The van der Waals surface area contributed by atoms with E-state index < -0.39 is 0 Å². The first-order valence-electron chi connectivity index (χ1n) is 4.60. The minimum atomic E-state index is 0.0947. The molecule has 14 heavy (non-hydrogen) atoms. The number of thiophene rings is 1. The highest BCUT2D eigenvalue weighted by Gasteiger charge is 2.21. The molecule has 0 spiro atoms. The molecule has 1 unspecified atom stereocenters. The zero-order chi connectivity index (χ0) is 9.80. The maximum atomic E-state index is 10.2. The van der Waals surface area contributed by atoms with E-state index in [0.29, 0.717) is 6.42 Å². The lowest BCUT2D eigenvalue weighted by Gasteiger charge is -2.03. The van der Waals surface area contributed by atoms with Gasteiger partial charge in [0.2, 0.25) is 0 Å². The molecule has 0 saturated heterocycles. The smallest absolute Gasteiger partial charge is 0.133 e. The number of carbonyl (C=O) groups excluding carboxylic acids is 1. The molecule has 1 aromatic rings. The van der Waals surface area contributed by atoms with Crippen molar-refractivity contribution in [1.82, 2.24) is 0 Å². The van der Waals surface area contributed by atoms with Gasteiger partial charge in [-0.2, -0.15) is 0 Å². The van der Waals surface area contributed by atoms with Crippen LogP contribution in [0.25, 0.3) is 0 Å². The third-order valence-electron chi connectivity index (χ3n) is 2.15. The van der Waals surface area contributed by atoms with Crippen LogP contribution < -0.4 is 0 Å². The topological polar surface area (TPSA) is 38.7 Å². The Bertz CT molecular complexity index is 332. The summed E-state index contributed by atoms with van der Waals surface area (Å²) in [6.45, 7) is 0. The maximum Gasteiger partial charge on any atom is 0.133 e. The van der Waals surface area contributed by atoms with Crippen molar-refractivity contribution in [1.29, 1.82) is 0 Å². The van der Waals surface area contributed by atoms with Crippen LogP contribution in [-0.4, -0.2) is 18.1 Å². The molecule has 0 amide bonds. The first kappa shape index (κ1) is 9.40. The highest BCUT2D eigenvalue weighted by atomic mass is 32.1. The van der Waals surface area contributed by atoms with Gasteiger partial charge in [-0.1, -0.05) is 11.2 Å². The first-order chi connectivity index (χ1) is 6.90. The van der Waals surface area contributed by atoms with Crippen molar-refractivity contribution in [3.63, 3.8) is 0 Å². The molecule has 1 atom stereocenters. The molecule has 0 radical (unpaired) electrons. The molecule has 3 nitrogen and oxygen atoms in total. The molecule has 0 bridgehead atoms. The fourth-order valence-electron chi connectivity index (χ4n) is 1.43. The van der Waals surface area contributed by atoms with Gasteiger partial charge in [-0.05, 0) is 17.9 Å². The van der Waals surface area contributed by atoms with Crippen LogP contribution in [0.1, 0.15) is 24.1 Å². The van der Waals surface area contributed by atoms with E-state index in [9.17, 15) is 4.79 Å². The van der Waals surface area contributed by atoms with E-state index >= 15 is 0 Å². The average Bonchev–Trinajstić information content (AvgIpc) is 2.85. The van der Waals surface area contributed by atoms with Crippen molar-refractivity contribution in [2.24, 2.45) is 5.16 Å². The fraction of sp³-hybridized carbons (Fsp3) is 0.400. The number of aldehydes is 1. The normalized spacial score (nSPS) is 20.3. The lowest BCUT2D eigenvalue weighted by atomic mass is 10.1. The van der Waals surface area contributed by atoms with Crippen LogP contribution in [0.4, 0.5) is 0 Å². The monoisotopic (exact) mass is 209 g/mol. The number of oxime groups is 1. The average molecular weight is 209 g/mol. The number of hydrogen-bond acceptors (Lipinski definition) is 4. The van der Waals surface area contributed by atoms with E-state index in [0.717, 1.165) is 24.8 Å². The molecule has 74 valence electrons. The Kier molecular flexibility index (Phi) is 2.93. The first-order valence-corrected chi connectivity index (χ1v) is 5.48. The van der Waals surface area contributed by atoms with E-state index in [4.69, 9.17) is 4.84 Å².